The Hall–Kier alpha value is -3.02. The summed E-state index contributed by atoms with van der Waals surface area (Å²) in [5.74, 6) is 0.836. The molecule has 0 saturated carbocycles. The second-order valence-electron chi connectivity index (χ2n) is 8.41. The molecule has 6 heteroatoms. The monoisotopic (exact) mass is 406 g/mol. The molecule has 1 saturated heterocycles. The second-order valence-corrected chi connectivity index (χ2v) is 8.41. The van der Waals surface area contributed by atoms with Crippen molar-refractivity contribution in [3.05, 3.63) is 53.1 Å². The molecule has 1 N–H and O–H groups in total. The van der Waals surface area contributed by atoms with Crippen LogP contribution < -0.4 is 19.7 Å². The maximum Gasteiger partial charge on any atom is 0.231 e. The SMILES string of the molecule is C[C@@H](NC(=O)[C@@H]1CC(=O)N(c2ccc3c(c2)OCO3)C1)c1ccc2c(c1)CCCC2. The average Bonchev–Trinajstić information content (AvgIpc) is 3.39. The number of benzene rings is 2. The molecule has 0 radical (unpaired) electrons. The van der Waals surface area contributed by atoms with Gasteiger partial charge in [0.25, 0.3) is 0 Å². The Bertz CT molecular complexity index is 1000. The fourth-order valence-corrected chi connectivity index (χ4v) is 4.62. The second kappa shape index (κ2) is 7.67. The summed E-state index contributed by atoms with van der Waals surface area (Å²) in [6, 6.07) is 11.9. The molecule has 0 spiro atoms. The molecule has 156 valence electrons. The van der Waals surface area contributed by atoms with Gasteiger partial charge in [0.15, 0.2) is 11.5 Å². The number of fused-ring (bicyclic) bond motifs is 2. The number of carbonyl (C=O) groups excluding carboxylic acids is 2. The van der Waals surface area contributed by atoms with E-state index in [4.69, 9.17) is 9.47 Å². The first-order chi connectivity index (χ1) is 14.6. The highest BCUT2D eigenvalue weighted by Gasteiger charge is 2.36. The summed E-state index contributed by atoms with van der Waals surface area (Å²) in [6.45, 7) is 2.58. The predicted octanol–water partition coefficient (Wildman–Crippen LogP) is 3.52. The first kappa shape index (κ1) is 19.0. The molecular weight excluding hydrogens is 380 g/mol. The van der Waals surface area contributed by atoms with Crippen LogP contribution in [0.1, 0.15) is 48.9 Å². The van der Waals surface area contributed by atoms with Gasteiger partial charge in [0, 0.05) is 24.7 Å². The van der Waals surface area contributed by atoms with Crippen LogP contribution in [0.5, 0.6) is 11.5 Å². The number of carbonyl (C=O) groups is 2. The molecule has 3 aliphatic rings. The molecule has 2 aromatic rings. The molecule has 2 amide bonds. The Labute approximate surface area is 176 Å². The minimum atomic E-state index is -0.358. The summed E-state index contributed by atoms with van der Waals surface area (Å²) in [7, 11) is 0. The van der Waals surface area contributed by atoms with Crippen molar-refractivity contribution in [3.63, 3.8) is 0 Å². The lowest BCUT2D eigenvalue weighted by molar-refractivity contribution is -0.126. The number of amides is 2. The highest BCUT2D eigenvalue weighted by atomic mass is 16.7. The van der Waals surface area contributed by atoms with Crippen molar-refractivity contribution in [2.75, 3.05) is 18.2 Å². The average molecular weight is 406 g/mol. The summed E-state index contributed by atoms with van der Waals surface area (Å²) >= 11 is 0. The Morgan fingerprint density at radius 1 is 1.07 bits per heavy atom. The zero-order chi connectivity index (χ0) is 20.7. The summed E-state index contributed by atoms with van der Waals surface area (Å²) in [4.78, 5) is 27.1. The van der Waals surface area contributed by atoms with Gasteiger partial charge in [-0.15, -0.1) is 0 Å². The van der Waals surface area contributed by atoms with Crippen LogP contribution in [-0.2, 0) is 22.4 Å². The topological polar surface area (TPSA) is 67.9 Å². The van der Waals surface area contributed by atoms with E-state index in [9.17, 15) is 9.59 Å². The van der Waals surface area contributed by atoms with E-state index in [1.165, 1.54) is 24.0 Å². The molecule has 2 aliphatic heterocycles. The number of anilines is 1. The molecular formula is C24H26N2O4. The van der Waals surface area contributed by atoms with Gasteiger partial charge in [0.05, 0.1) is 12.0 Å². The molecule has 0 unspecified atom stereocenters. The van der Waals surface area contributed by atoms with Gasteiger partial charge in [0.2, 0.25) is 18.6 Å². The summed E-state index contributed by atoms with van der Waals surface area (Å²) in [6.07, 6.45) is 4.98. The zero-order valence-corrected chi connectivity index (χ0v) is 17.1. The predicted molar refractivity (Wildman–Crippen MR) is 113 cm³/mol. The Balaban J connectivity index is 1.25. The van der Waals surface area contributed by atoms with Crippen LogP contribution in [0, 0.1) is 5.92 Å². The number of rotatable bonds is 4. The normalized spacial score (nSPS) is 20.8. The van der Waals surface area contributed by atoms with Gasteiger partial charge in [0.1, 0.15) is 0 Å². The van der Waals surface area contributed by atoms with Crippen molar-refractivity contribution in [1.82, 2.24) is 5.32 Å². The van der Waals surface area contributed by atoms with Gasteiger partial charge in [-0.2, -0.15) is 0 Å². The third kappa shape index (κ3) is 3.51. The maximum absolute atomic E-state index is 12.9. The van der Waals surface area contributed by atoms with Crippen LogP contribution in [0.4, 0.5) is 5.69 Å². The first-order valence-electron chi connectivity index (χ1n) is 10.7. The molecule has 5 rings (SSSR count). The van der Waals surface area contributed by atoms with Crippen molar-refractivity contribution in [2.45, 2.75) is 45.1 Å². The Morgan fingerprint density at radius 2 is 1.87 bits per heavy atom. The minimum Gasteiger partial charge on any atom is -0.454 e. The molecule has 6 nitrogen and oxygen atoms in total. The quantitative estimate of drug-likeness (QED) is 0.844. The molecule has 2 heterocycles. The van der Waals surface area contributed by atoms with Crippen LogP contribution in [-0.4, -0.2) is 25.2 Å². The Kier molecular flexibility index (Phi) is 4.85. The van der Waals surface area contributed by atoms with Crippen LogP contribution in [0.25, 0.3) is 0 Å². The maximum atomic E-state index is 12.9. The Morgan fingerprint density at radius 3 is 2.73 bits per heavy atom. The van der Waals surface area contributed by atoms with E-state index in [2.05, 4.69) is 23.5 Å². The van der Waals surface area contributed by atoms with Crippen molar-refractivity contribution in [3.8, 4) is 11.5 Å². The van der Waals surface area contributed by atoms with Crippen LogP contribution in [0.15, 0.2) is 36.4 Å². The third-order valence-electron chi connectivity index (χ3n) is 6.39. The fourth-order valence-electron chi connectivity index (χ4n) is 4.62. The molecule has 1 aliphatic carbocycles. The summed E-state index contributed by atoms with van der Waals surface area (Å²) in [5, 5.41) is 3.12. The first-order valence-corrected chi connectivity index (χ1v) is 10.7. The minimum absolute atomic E-state index is 0.0459. The zero-order valence-electron chi connectivity index (χ0n) is 17.1. The van der Waals surface area contributed by atoms with E-state index >= 15 is 0 Å². The number of nitrogens with one attached hydrogen (secondary N) is 1. The molecule has 0 bridgehead atoms. The summed E-state index contributed by atoms with van der Waals surface area (Å²) in [5.41, 5.74) is 4.71. The van der Waals surface area contributed by atoms with E-state index in [0.717, 1.165) is 24.1 Å². The van der Waals surface area contributed by atoms with E-state index in [1.54, 1.807) is 17.0 Å². The third-order valence-corrected chi connectivity index (χ3v) is 6.39. The number of hydrogen-bond donors (Lipinski definition) is 1. The van der Waals surface area contributed by atoms with Gasteiger partial charge in [-0.1, -0.05) is 18.2 Å². The molecule has 2 aromatic carbocycles. The molecule has 30 heavy (non-hydrogen) atoms. The van der Waals surface area contributed by atoms with Crippen LogP contribution in [0.3, 0.4) is 0 Å². The van der Waals surface area contributed by atoms with Crippen molar-refractivity contribution < 1.29 is 19.1 Å². The van der Waals surface area contributed by atoms with Crippen LogP contribution >= 0.6 is 0 Å². The molecule has 2 atom stereocenters. The van der Waals surface area contributed by atoms with Crippen molar-refractivity contribution in [2.24, 2.45) is 5.92 Å². The van der Waals surface area contributed by atoms with E-state index in [-0.39, 0.29) is 37.0 Å². The highest BCUT2D eigenvalue weighted by Crippen LogP contribution is 2.37. The number of nitrogens with zero attached hydrogens (tertiary/aromatic N) is 1. The largest absolute Gasteiger partial charge is 0.454 e. The van der Waals surface area contributed by atoms with Gasteiger partial charge in [-0.3, -0.25) is 9.59 Å². The fraction of sp³-hybridized carbons (Fsp3) is 0.417. The molecule has 0 aromatic heterocycles. The lowest BCUT2D eigenvalue weighted by Gasteiger charge is -2.21. The van der Waals surface area contributed by atoms with Gasteiger partial charge in [-0.25, -0.2) is 0 Å². The highest BCUT2D eigenvalue weighted by molar-refractivity contribution is 6.00. The summed E-state index contributed by atoms with van der Waals surface area (Å²) < 4.78 is 10.7. The van der Waals surface area contributed by atoms with Gasteiger partial charge in [-0.05, 0) is 61.4 Å². The van der Waals surface area contributed by atoms with Gasteiger partial charge < -0.3 is 19.7 Å². The van der Waals surface area contributed by atoms with Crippen LogP contribution in [0.2, 0.25) is 0 Å². The standard InChI is InChI=1S/C24H26N2O4/c1-15(17-7-6-16-4-2-3-5-18(16)10-17)25-24(28)19-11-23(27)26(13-19)20-8-9-21-22(12-20)30-14-29-21/h6-10,12,15,19H,2-5,11,13-14H2,1H3,(H,25,28)/t15-,19-/m1/s1. The van der Waals surface area contributed by atoms with E-state index in [0.29, 0.717) is 18.0 Å². The van der Waals surface area contributed by atoms with E-state index < -0.39 is 0 Å². The number of aryl methyl sites for hydroxylation is 2. The lowest BCUT2D eigenvalue weighted by atomic mass is 9.89. The molecule has 1 fully saturated rings. The smallest absolute Gasteiger partial charge is 0.231 e. The lowest BCUT2D eigenvalue weighted by Crippen LogP contribution is -2.34. The van der Waals surface area contributed by atoms with Gasteiger partial charge >= 0.3 is 0 Å². The van der Waals surface area contributed by atoms with Crippen molar-refractivity contribution >= 4 is 17.5 Å². The van der Waals surface area contributed by atoms with Crippen molar-refractivity contribution in [1.29, 1.82) is 0 Å². The van der Waals surface area contributed by atoms with E-state index in [1.807, 2.05) is 13.0 Å². The number of ether oxygens (including phenoxy) is 2. The number of hydrogen-bond acceptors (Lipinski definition) is 4.